The van der Waals surface area contributed by atoms with E-state index in [0.717, 1.165) is 4.48 Å². The predicted octanol–water partition coefficient (Wildman–Crippen LogP) is 3.91. The second kappa shape index (κ2) is 7.35. The van der Waals surface area contributed by atoms with E-state index >= 15 is 0 Å². The van der Waals surface area contributed by atoms with Gasteiger partial charge in [-0.05, 0) is 38.2 Å². The molecule has 0 amide bonds. The molecule has 20 heavy (non-hydrogen) atoms. The first-order valence-corrected chi connectivity index (χ1v) is 7.16. The Labute approximate surface area is 131 Å². The summed E-state index contributed by atoms with van der Waals surface area (Å²) in [6.45, 7) is 8.46. The van der Waals surface area contributed by atoms with Crippen molar-refractivity contribution in [1.29, 1.82) is 0 Å². The van der Waals surface area contributed by atoms with Crippen LogP contribution in [0.15, 0.2) is 35.3 Å². The average molecular weight is 358 g/mol. The van der Waals surface area contributed by atoms with Gasteiger partial charge in [0.15, 0.2) is 5.11 Å². The van der Waals surface area contributed by atoms with Crippen LogP contribution in [0.4, 0.5) is 11.4 Å². The number of hydrogen-bond donors (Lipinski definition) is 1. The topological polar surface area (TPSA) is 58.4 Å². The summed E-state index contributed by atoms with van der Waals surface area (Å²) in [6, 6.07) is 6.35. The van der Waals surface area contributed by atoms with Gasteiger partial charge in [-0.1, -0.05) is 22.5 Å². The molecule has 5 nitrogen and oxygen atoms in total. The molecule has 0 aliphatic heterocycles. The maximum absolute atomic E-state index is 10.6. The van der Waals surface area contributed by atoms with E-state index in [2.05, 4.69) is 27.8 Å². The van der Waals surface area contributed by atoms with Crippen molar-refractivity contribution in [3.8, 4) is 0 Å². The van der Waals surface area contributed by atoms with E-state index in [1.54, 1.807) is 12.1 Å². The molecule has 0 fully saturated rings. The van der Waals surface area contributed by atoms with Gasteiger partial charge in [0, 0.05) is 28.3 Å². The van der Waals surface area contributed by atoms with E-state index in [4.69, 9.17) is 12.2 Å². The van der Waals surface area contributed by atoms with Crippen molar-refractivity contribution in [2.24, 2.45) is 0 Å². The van der Waals surface area contributed by atoms with Crippen molar-refractivity contribution in [2.75, 3.05) is 11.9 Å². The zero-order valence-corrected chi connectivity index (χ0v) is 13.7. The normalized spacial score (nSPS) is 10.2. The minimum absolute atomic E-state index is 0.0519. The van der Waals surface area contributed by atoms with Crippen LogP contribution in [0.3, 0.4) is 0 Å². The van der Waals surface area contributed by atoms with Crippen LogP contribution in [0.5, 0.6) is 0 Å². The maximum atomic E-state index is 10.6. The van der Waals surface area contributed by atoms with Gasteiger partial charge >= 0.3 is 0 Å². The molecule has 7 heteroatoms. The van der Waals surface area contributed by atoms with Crippen molar-refractivity contribution in [3.63, 3.8) is 0 Å². The number of nitro benzene ring substituents is 1. The summed E-state index contributed by atoms with van der Waals surface area (Å²) in [5, 5.41) is 14.2. The Kier molecular flexibility index (Phi) is 6.09. The first kappa shape index (κ1) is 16.6. The Balaban J connectivity index is 2.77. The molecule has 0 unspecified atom stereocenters. The molecule has 0 atom stereocenters. The number of anilines is 1. The number of thiocarbonyl (C=S) groups is 1. The fraction of sp³-hybridized carbons (Fsp3) is 0.308. The Morgan fingerprint density at radius 2 is 2.05 bits per heavy atom. The van der Waals surface area contributed by atoms with Crippen LogP contribution in [0.2, 0.25) is 0 Å². The number of nitrogens with one attached hydrogen (secondary N) is 1. The molecule has 1 aromatic rings. The van der Waals surface area contributed by atoms with Gasteiger partial charge in [0.2, 0.25) is 0 Å². The van der Waals surface area contributed by atoms with Gasteiger partial charge in [0.05, 0.1) is 11.5 Å². The van der Waals surface area contributed by atoms with E-state index in [-0.39, 0.29) is 11.7 Å². The zero-order valence-electron chi connectivity index (χ0n) is 11.3. The number of hydrogen-bond acceptors (Lipinski definition) is 3. The number of benzene rings is 1. The lowest BCUT2D eigenvalue weighted by atomic mass is 10.3. The Morgan fingerprint density at radius 1 is 1.50 bits per heavy atom. The van der Waals surface area contributed by atoms with Crippen molar-refractivity contribution >= 4 is 44.6 Å². The molecule has 0 saturated carbocycles. The van der Waals surface area contributed by atoms with Crippen LogP contribution < -0.4 is 5.32 Å². The lowest BCUT2D eigenvalue weighted by molar-refractivity contribution is -0.384. The van der Waals surface area contributed by atoms with Crippen molar-refractivity contribution in [3.05, 3.63) is 45.4 Å². The zero-order chi connectivity index (χ0) is 15.3. The third-order valence-corrected chi connectivity index (χ3v) is 3.14. The summed E-state index contributed by atoms with van der Waals surface area (Å²) in [5.74, 6) is 0. The Hall–Kier alpha value is -1.47. The summed E-state index contributed by atoms with van der Waals surface area (Å²) in [5.41, 5.74) is 0.766. The van der Waals surface area contributed by atoms with Gasteiger partial charge in [-0.2, -0.15) is 0 Å². The van der Waals surface area contributed by atoms with E-state index < -0.39 is 4.92 Å². The molecule has 108 valence electrons. The first-order chi connectivity index (χ1) is 9.31. The second-order valence-electron chi connectivity index (χ2n) is 4.47. The first-order valence-electron chi connectivity index (χ1n) is 5.96. The molecule has 0 heterocycles. The predicted molar refractivity (Wildman–Crippen MR) is 89.2 cm³/mol. The fourth-order valence-corrected chi connectivity index (χ4v) is 2.20. The molecular weight excluding hydrogens is 342 g/mol. The molecule has 0 aliphatic rings. The smallest absolute Gasteiger partial charge is 0.269 e. The SMILES string of the molecule is C=C(Br)CN(C(=S)Nc1ccc([N+](=O)[O-])cc1)C(C)C. The van der Waals surface area contributed by atoms with E-state index in [1.165, 1.54) is 12.1 Å². The Morgan fingerprint density at radius 3 is 2.45 bits per heavy atom. The second-order valence-corrected chi connectivity index (χ2v) is 5.98. The van der Waals surface area contributed by atoms with Gasteiger partial charge in [0.25, 0.3) is 5.69 Å². The molecule has 1 N–H and O–H groups in total. The van der Waals surface area contributed by atoms with Gasteiger partial charge in [0.1, 0.15) is 0 Å². The number of halogens is 1. The van der Waals surface area contributed by atoms with Gasteiger partial charge in [-0.15, -0.1) is 0 Å². The maximum Gasteiger partial charge on any atom is 0.269 e. The van der Waals surface area contributed by atoms with E-state index in [9.17, 15) is 10.1 Å². The molecule has 0 saturated heterocycles. The highest BCUT2D eigenvalue weighted by atomic mass is 79.9. The number of non-ortho nitro benzene ring substituents is 1. The van der Waals surface area contributed by atoms with Crippen molar-refractivity contribution < 1.29 is 4.92 Å². The van der Waals surface area contributed by atoms with Crippen LogP contribution in [-0.2, 0) is 0 Å². The molecule has 0 aromatic heterocycles. The monoisotopic (exact) mass is 357 g/mol. The third-order valence-electron chi connectivity index (χ3n) is 2.56. The number of rotatable bonds is 5. The molecule has 0 bridgehead atoms. The Bertz CT molecular complexity index is 517. The standard InChI is InChI=1S/C13H16BrN3O2S/c1-9(2)16(8-10(3)14)13(20)15-11-4-6-12(7-5-11)17(18)19/h4-7,9H,3,8H2,1-2H3,(H,15,20). The van der Waals surface area contributed by atoms with E-state index in [0.29, 0.717) is 17.3 Å². The molecule has 0 aliphatic carbocycles. The molecule has 1 rings (SSSR count). The molecule has 0 spiro atoms. The fourth-order valence-electron chi connectivity index (χ4n) is 1.54. The average Bonchev–Trinajstić information content (AvgIpc) is 2.35. The quantitative estimate of drug-likeness (QED) is 0.491. The van der Waals surface area contributed by atoms with Crippen LogP contribution in [0.25, 0.3) is 0 Å². The van der Waals surface area contributed by atoms with Crippen LogP contribution in [0, 0.1) is 10.1 Å². The number of nitrogens with zero attached hydrogens (tertiary/aromatic N) is 2. The summed E-state index contributed by atoms with van der Waals surface area (Å²) in [4.78, 5) is 12.1. The van der Waals surface area contributed by atoms with E-state index in [1.807, 2.05) is 18.7 Å². The van der Waals surface area contributed by atoms with Gasteiger partial charge < -0.3 is 10.2 Å². The highest BCUT2D eigenvalue weighted by Crippen LogP contribution is 2.17. The minimum Gasteiger partial charge on any atom is -0.342 e. The van der Waals surface area contributed by atoms with Crippen LogP contribution >= 0.6 is 28.1 Å². The summed E-state index contributed by atoms with van der Waals surface area (Å²) in [6.07, 6.45) is 0. The van der Waals surface area contributed by atoms with Crippen LogP contribution in [-0.4, -0.2) is 27.5 Å². The van der Waals surface area contributed by atoms with Crippen molar-refractivity contribution in [1.82, 2.24) is 4.90 Å². The highest BCUT2D eigenvalue weighted by molar-refractivity contribution is 9.11. The third kappa shape index (κ3) is 4.90. The largest absolute Gasteiger partial charge is 0.342 e. The lowest BCUT2D eigenvalue weighted by Gasteiger charge is -2.29. The van der Waals surface area contributed by atoms with Gasteiger partial charge in [-0.3, -0.25) is 10.1 Å². The molecule has 1 aromatic carbocycles. The minimum atomic E-state index is -0.433. The van der Waals surface area contributed by atoms with Crippen molar-refractivity contribution in [2.45, 2.75) is 19.9 Å². The summed E-state index contributed by atoms with van der Waals surface area (Å²) in [7, 11) is 0. The molecule has 0 radical (unpaired) electrons. The lowest BCUT2D eigenvalue weighted by Crippen LogP contribution is -2.40. The van der Waals surface area contributed by atoms with Crippen LogP contribution in [0.1, 0.15) is 13.8 Å². The number of nitro groups is 1. The summed E-state index contributed by atoms with van der Waals surface area (Å²) < 4.78 is 0.832. The van der Waals surface area contributed by atoms with Gasteiger partial charge in [-0.25, -0.2) is 0 Å². The molecular formula is C13H16BrN3O2S. The highest BCUT2D eigenvalue weighted by Gasteiger charge is 2.14. The summed E-state index contributed by atoms with van der Waals surface area (Å²) >= 11 is 8.68.